The van der Waals surface area contributed by atoms with Gasteiger partial charge in [-0.25, -0.2) is 0 Å². The smallest absolute Gasteiger partial charge is 0.128 e. The second-order valence-electron chi connectivity index (χ2n) is 5.15. The van der Waals surface area contributed by atoms with Crippen molar-refractivity contribution in [2.45, 2.75) is 6.10 Å². The Hall–Kier alpha value is -2.66. The second-order valence-corrected chi connectivity index (χ2v) is 5.15. The van der Waals surface area contributed by atoms with Crippen LogP contribution in [0.5, 0.6) is 17.2 Å². The van der Waals surface area contributed by atoms with Crippen LogP contribution in [-0.2, 0) is 0 Å². The largest absolute Gasteiger partial charge is 0.497 e. The van der Waals surface area contributed by atoms with Crippen molar-refractivity contribution in [2.75, 3.05) is 20.3 Å². The molecule has 1 aromatic heterocycles. The molecule has 0 fully saturated rings. The third kappa shape index (κ3) is 3.76. The Labute approximate surface area is 134 Å². The molecule has 0 saturated carbocycles. The van der Waals surface area contributed by atoms with Crippen LogP contribution >= 0.6 is 0 Å². The molecule has 3 aromatic rings. The Morgan fingerprint density at radius 2 is 1.70 bits per heavy atom. The zero-order valence-corrected chi connectivity index (χ0v) is 12.9. The Morgan fingerprint density at radius 3 is 2.48 bits per heavy atom. The van der Waals surface area contributed by atoms with Crippen molar-refractivity contribution in [1.29, 1.82) is 0 Å². The van der Waals surface area contributed by atoms with E-state index < -0.39 is 6.10 Å². The van der Waals surface area contributed by atoms with Gasteiger partial charge in [0.1, 0.15) is 36.6 Å². The quantitative estimate of drug-likeness (QED) is 0.704. The van der Waals surface area contributed by atoms with Gasteiger partial charge in [-0.15, -0.1) is 0 Å². The van der Waals surface area contributed by atoms with E-state index in [-0.39, 0.29) is 13.2 Å². The number of rotatable bonds is 7. The lowest BCUT2D eigenvalue weighted by molar-refractivity contribution is 0.0632. The van der Waals surface area contributed by atoms with Gasteiger partial charge in [-0.3, -0.25) is 0 Å². The lowest BCUT2D eigenvalue weighted by Crippen LogP contribution is -2.25. The van der Waals surface area contributed by atoms with E-state index in [4.69, 9.17) is 14.2 Å². The van der Waals surface area contributed by atoms with Gasteiger partial charge in [-0.05, 0) is 42.5 Å². The summed E-state index contributed by atoms with van der Waals surface area (Å²) >= 11 is 0. The molecule has 0 aliphatic heterocycles. The van der Waals surface area contributed by atoms with E-state index in [9.17, 15) is 5.11 Å². The Morgan fingerprint density at radius 1 is 0.957 bits per heavy atom. The van der Waals surface area contributed by atoms with Crippen molar-refractivity contribution in [3.05, 3.63) is 54.7 Å². The van der Waals surface area contributed by atoms with Crippen LogP contribution in [0.4, 0.5) is 0 Å². The number of hydrogen-bond donors (Lipinski definition) is 2. The Balaban J connectivity index is 1.51. The molecular weight excluding hydrogens is 294 g/mol. The van der Waals surface area contributed by atoms with Crippen molar-refractivity contribution >= 4 is 10.9 Å². The summed E-state index contributed by atoms with van der Waals surface area (Å²) in [6.45, 7) is 0.329. The number of aliphatic hydroxyl groups is 1. The van der Waals surface area contributed by atoms with Gasteiger partial charge < -0.3 is 24.3 Å². The second kappa shape index (κ2) is 7.07. The van der Waals surface area contributed by atoms with Crippen LogP contribution in [0.25, 0.3) is 10.9 Å². The summed E-state index contributed by atoms with van der Waals surface area (Å²) in [6.07, 6.45) is 1.15. The minimum absolute atomic E-state index is 0.162. The zero-order chi connectivity index (χ0) is 16.1. The number of methoxy groups -OCH3 is 1. The third-order valence-electron chi connectivity index (χ3n) is 3.49. The number of aliphatic hydroxyl groups excluding tert-OH is 1. The minimum atomic E-state index is -0.716. The number of benzene rings is 2. The van der Waals surface area contributed by atoms with Crippen molar-refractivity contribution in [2.24, 2.45) is 0 Å². The first kappa shape index (κ1) is 15.2. The average molecular weight is 313 g/mol. The number of ether oxygens (including phenoxy) is 3. The maximum absolute atomic E-state index is 10.0. The van der Waals surface area contributed by atoms with Crippen molar-refractivity contribution in [3.8, 4) is 17.2 Å². The number of aromatic amines is 1. The minimum Gasteiger partial charge on any atom is -0.497 e. The molecule has 0 bridgehead atoms. The highest BCUT2D eigenvalue weighted by atomic mass is 16.5. The van der Waals surface area contributed by atoms with E-state index in [1.807, 2.05) is 42.6 Å². The van der Waals surface area contributed by atoms with E-state index in [1.165, 1.54) is 0 Å². The van der Waals surface area contributed by atoms with Crippen LogP contribution in [0.3, 0.4) is 0 Å². The molecule has 2 N–H and O–H groups in total. The molecule has 0 saturated heterocycles. The van der Waals surface area contributed by atoms with Crippen LogP contribution in [0, 0.1) is 0 Å². The van der Waals surface area contributed by atoms with E-state index in [0.29, 0.717) is 5.75 Å². The summed E-state index contributed by atoms with van der Waals surface area (Å²) in [5.74, 6) is 2.19. The maximum Gasteiger partial charge on any atom is 0.128 e. The van der Waals surface area contributed by atoms with Crippen molar-refractivity contribution in [1.82, 2.24) is 4.98 Å². The predicted octanol–water partition coefficient (Wildman–Crippen LogP) is 3.00. The highest BCUT2D eigenvalue weighted by molar-refractivity contribution is 5.85. The van der Waals surface area contributed by atoms with Crippen LogP contribution in [0.15, 0.2) is 54.7 Å². The predicted molar refractivity (Wildman–Crippen MR) is 88.3 cm³/mol. The zero-order valence-electron chi connectivity index (χ0n) is 12.9. The molecule has 0 spiro atoms. The van der Waals surface area contributed by atoms with Gasteiger partial charge in [0, 0.05) is 17.1 Å². The topological polar surface area (TPSA) is 63.7 Å². The summed E-state index contributed by atoms with van der Waals surface area (Å²) in [4.78, 5) is 3.13. The molecule has 0 aliphatic carbocycles. The van der Waals surface area contributed by atoms with Crippen LogP contribution in [0.1, 0.15) is 0 Å². The first-order valence-corrected chi connectivity index (χ1v) is 7.40. The van der Waals surface area contributed by atoms with Crippen LogP contribution < -0.4 is 14.2 Å². The highest BCUT2D eigenvalue weighted by Gasteiger charge is 2.09. The molecule has 0 amide bonds. The van der Waals surface area contributed by atoms with Gasteiger partial charge in [0.05, 0.1) is 7.11 Å². The Bertz CT molecular complexity index is 751. The van der Waals surface area contributed by atoms with E-state index in [0.717, 1.165) is 22.4 Å². The molecule has 5 heteroatoms. The molecular formula is C18H19NO4. The maximum atomic E-state index is 10.0. The first-order valence-electron chi connectivity index (χ1n) is 7.40. The molecule has 120 valence electrons. The summed E-state index contributed by atoms with van der Waals surface area (Å²) in [6, 6.07) is 14.9. The van der Waals surface area contributed by atoms with E-state index in [2.05, 4.69) is 4.98 Å². The fourth-order valence-corrected chi connectivity index (χ4v) is 2.28. The average Bonchev–Trinajstić information content (AvgIpc) is 3.07. The van der Waals surface area contributed by atoms with Gasteiger partial charge in [0.2, 0.25) is 0 Å². The van der Waals surface area contributed by atoms with Crippen molar-refractivity contribution < 1.29 is 19.3 Å². The number of nitrogens with one attached hydrogen (secondary N) is 1. The van der Waals surface area contributed by atoms with Gasteiger partial charge in [0.25, 0.3) is 0 Å². The lowest BCUT2D eigenvalue weighted by Gasteiger charge is -2.14. The fraction of sp³-hybridized carbons (Fsp3) is 0.222. The molecule has 2 aromatic carbocycles. The van der Waals surface area contributed by atoms with Crippen LogP contribution in [-0.4, -0.2) is 36.5 Å². The summed E-state index contributed by atoms with van der Waals surface area (Å²) in [5, 5.41) is 11.0. The molecule has 0 aliphatic rings. The molecule has 1 heterocycles. The van der Waals surface area contributed by atoms with E-state index >= 15 is 0 Å². The normalized spacial score (nSPS) is 12.1. The van der Waals surface area contributed by atoms with Gasteiger partial charge in [0.15, 0.2) is 0 Å². The number of H-pyrrole nitrogens is 1. The standard InChI is InChI=1S/C18H19NO4/c1-21-14-5-7-15(8-6-14)22-11-13(20)12-23-18-4-2-3-17-16(18)9-10-19-17/h2-10,13,19-20H,11-12H2,1H3. The van der Waals surface area contributed by atoms with Gasteiger partial charge in [-0.1, -0.05) is 6.07 Å². The fourth-order valence-electron chi connectivity index (χ4n) is 2.28. The molecule has 1 unspecified atom stereocenters. The molecule has 0 radical (unpaired) electrons. The molecule has 23 heavy (non-hydrogen) atoms. The number of fused-ring (bicyclic) bond motifs is 1. The highest BCUT2D eigenvalue weighted by Crippen LogP contribution is 2.24. The van der Waals surface area contributed by atoms with E-state index in [1.54, 1.807) is 19.2 Å². The van der Waals surface area contributed by atoms with Gasteiger partial charge in [-0.2, -0.15) is 0 Å². The first-order chi connectivity index (χ1) is 11.3. The monoisotopic (exact) mass is 313 g/mol. The van der Waals surface area contributed by atoms with Crippen LogP contribution in [0.2, 0.25) is 0 Å². The molecule has 5 nitrogen and oxygen atoms in total. The third-order valence-corrected chi connectivity index (χ3v) is 3.49. The lowest BCUT2D eigenvalue weighted by atomic mass is 10.2. The summed E-state index contributed by atoms with van der Waals surface area (Å²) in [5.41, 5.74) is 1.01. The summed E-state index contributed by atoms with van der Waals surface area (Å²) in [7, 11) is 1.61. The number of aromatic nitrogens is 1. The van der Waals surface area contributed by atoms with Gasteiger partial charge >= 0.3 is 0 Å². The summed E-state index contributed by atoms with van der Waals surface area (Å²) < 4.78 is 16.3. The SMILES string of the molecule is COc1ccc(OCC(O)COc2cccc3[nH]ccc23)cc1. The van der Waals surface area contributed by atoms with Crippen molar-refractivity contribution in [3.63, 3.8) is 0 Å². The Kier molecular flexibility index (Phi) is 4.68. The number of hydrogen-bond acceptors (Lipinski definition) is 4. The molecule has 1 atom stereocenters. The molecule has 3 rings (SSSR count).